The van der Waals surface area contributed by atoms with Crippen LogP contribution in [0.2, 0.25) is 5.04 Å². The molecule has 3 aromatic carbocycles. The van der Waals surface area contributed by atoms with Crippen LogP contribution in [0.1, 0.15) is 70.7 Å². The van der Waals surface area contributed by atoms with Crippen LogP contribution in [-0.2, 0) is 28.5 Å². The van der Waals surface area contributed by atoms with Gasteiger partial charge in [-0.15, -0.1) is 0 Å². The minimum Gasteiger partial charge on any atom is -0.407 e. The van der Waals surface area contributed by atoms with Gasteiger partial charge in [-0.2, -0.15) is 0 Å². The van der Waals surface area contributed by atoms with Gasteiger partial charge >= 0.3 is 0 Å². The fourth-order valence-electron chi connectivity index (χ4n) is 6.31. The number of nitrogens with zero attached hydrogens (tertiary/aromatic N) is 2. The van der Waals surface area contributed by atoms with E-state index in [1.54, 1.807) is 10.6 Å². The van der Waals surface area contributed by atoms with Crippen molar-refractivity contribution < 1.29 is 8.63 Å². The number of rotatable bonds is 9. The maximum atomic E-state index is 13.9. The molecule has 0 spiro atoms. The van der Waals surface area contributed by atoms with E-state index >= 15 is 0 Å². The molecule has 5 nitrogen and oxygen atoms in total. The van der Waals surface area contributed by atoms with Gasteiger partial charge in [0.2, 0.25) is 0 Å². The Bertz CT molecular complexity index is 1570. The van der Waals surface area contributed by atoms with E-state index in [4.69, 9.17) is 4.43 Å². The van der Waals surface area contributed by atoms with Gasteiger partial charge in [-0.1, -0.05) is 112 Å². The highest BCUT2D eigenvalue weighted by Gasteiger charge is 2.50. The molecule has 0 saturated carbocycles. The van der Waals surface area contributed by atoms with Crippen LogP contribution >= 0.6 is 0 Å². The highest BCUT2D eigenvalue weighted by atomic mass is 32.2. The zero-order chi connectivity index (χ0) is 30.8. The molecule has 0 unspecified atom stereocenters. The topological polar surface area (TPSA) is 51.5 Å². The molecule has 2 atom stereocenters. The number of fused-ring (bicyclic) bond motifs is 1. The normalized spacial score (nSPS) is 16.7. The van der Waals surface area contributed by atoms with Gasteiger partial charge in [0.1, 0.15) is 11.0 Å². The SMILES string of the molecule is CC(C)(C)[S@@](=O)N1Cc2cc(=O)n(Cc3ccccc3)cc2[C@H]1CCO[Si](c1ccccc1)(c1ccccc1)C(C)(C)C. The summed E-state index contributed by atoms with van der Waals surface area (Å²) < 4.78 is 24.6. The zero-order valence-electron chi connectivity index (χ0n) is 26.2. The van der Waals surface area contributed by atoms with Crippen molar-refractivity contribution in [1.82, 2.24) is 8.87 Å². The summed E-state index contributed by atoms with van der Waals surface area (Å²) in [6.07, 6.45) is 2.67. The molecule has 0 N–H and O–H groups in total. The molecule has 2 heterocycles. The Hall–Kier alpha value is -3.10. The second-order valence-electron chi connectivity index (χ2n) is 13.5. The van der Waals surface area contributed by atoms with E-state index in [2.05, 4.69) is 85.7 Å². The van der Waals surface area contributed by atoms with Crippen molar-refractivity contribution in [3.8, 4) is 0 Å². The van der Waals surface area contributed by atoms with E-state index in [1.807, 2.05) is 57.3 Å². The van der Waals surface area contributed by atoms with Crippen LogP contribution in [0.5, 0.6) is 0 Å². The van der Waals surface area contributed by atoms with E-state index in [0.29, 0.717) is 26.1 Å². The van der Waals surface area contributed by atoms with E-state index in [9.17, 15) is 9.00 Å². The Morgan fingerprint density at radius 2 is 1.37 bits per heavy atom. The van der Waals surface area contributed by atoms with Crippen molar-refractivity contribution in [2.75, 3.05) is 6.61 Å². The molecule has 0 fully saturated rings. The van der Waals surface area contributed by atoms with Gasteiger partial charge in [0.15, 0.2) is 0 Å². The minimum absolute atomic E-state index is 0.0340. The predicted octanol–water partition coefficient (Wildman–Crippen LogP) is 6.18. The molecule has 5 rings (SSSR count). The first-order chi connectivity index (χ1) is 20.4. The lowest BCUT2D eigenvalue weighted by atomic mass is 10.1. The van der Waals surface area contributed by atoms with Crippen molar-refractivity contribution in [3.63, 3.8) is 0 Å². The smallest absolute Gasteiger partial charge is 0.261 e. The summed E-state index contributed by atoms with van der Waals surface area (Å²) in [5.74, 6) is 0. The molecule has 0 amide bonds. The Kier molecular flexibility index (Phi) is 9.09. The maximum Gasteiger partial charge on any atom is 0.261 e. The van der Waals surface area contributed by atoms with E-state index < -0.39 is 24.1 Å². The molecular weight excluding hydrogens is 569 g/mol. The summed E-state index contributed by atoms with van der Waals surface area (Å²) in [5.41, 5.74) is 3.07. The Morgan fingerprint density at radius 1 is 0.837 bits per heavy atom. The van der Waals surface area contributed by atoms with Crippen molar-refractivity contribution >= 4 is 29.7 Å². The van der Waals surface area contributed by atoms with Crippen molar-refractivity contribution in [1.29, 1.82) is 0 Å². The highest BCUT2D eigenvalue weighted by molar-refractivity contribution is 7.84. The Labute approximate surface area is 260 Å². The standard InChI is InChI=1S/C36H44N2O3SSi/c1-35(2,3)42(40)38-26-29-24-34(39)37(25-28-16-10-7-11-17-28)27-32(29)33(38)22-23-41-43(36(4,5)6,30-18-12-8-13-19-30)31-20-14-9-15-21-31/h7-21,24,27,33H,22-23,25-26H2,1-6H3/t33-,42-/m1/s1. The first kappa shape index (κ1) is 31.3. The third kappa shape index (κ3) is 6.41. The summed E-state index contributed by atoms with van der Waals surface area (Å²) in [6, 6.07) is 33.0. The molecule has 1 aliphatic heterocycles. The van der Waals surface area contributed by atoms with Crippen LogP contribution in [0.15, 0.2) is 108 Å². The van der Waals surface area contributed by atoms with Crippen molar-refractivity contribution in [3.05, 3.63) is 130 Å². The molecule has 7 heteroatoms. The van der Waals surface area contributed by atoms with Gasteiger partial charge in [-0.25, -0.2) is 8.51 Å². The summed E-state index contributed by atoms with van der Waals surface area (Å²) in [6.45, 7) is 14.4. The zero-order valence-corrected chi connectivity index (χ0v) is 28.1. The Balaban J connectivity index is 1.52. The molecule has 226 valence electrons. The predicted molar refractivity (Wildman–Crippen MR) is 181 cm³/mol. The fourth-order valence-corrected chi connectivity index (χ4v) is 12.3. The van der Waals surface area contributed by atoms with Crippen LogP contribution < -0.4 is 15.9 Å². The average Bonchev–Trinajstić information content (AvgIpc) is 3.32. The third-order valence-electron chi connectivity index (χ3n) is 8.34. The molecule has 0 aliphatic carbocycles. The van der Waals surface area contributed by atoms with Crippen LogP contribution in [0, 0.1) is 0 Å². The quantitative estimate of drug-likeness (QED) is 0.212. The molecule has 1 aliphatic rings. The second-order valence-corrected chi connectivity index (χ2v) is 20.0. The summed E-state index contributed by atoms with van der Waals surface area (Å²) in [4.78, 5) is 13.2. The van der Waals surface area contributed by atoms with Crippen molar-refractivity contribution in [2.24, 2.45) is 0 Å². The summed E-state index contributed by atoms with van der Waals surface area (Å²) >= 11 is 0. The van der Waals surface area contributed by atoms with Crippen LogP contribution in [0.25, 0.3) is 0 Å². The van der Waals surface area contributed by atoms with Gasteiger partial charge in [-0.05, 0) is 59.3 Å². The highest BCUT2D eigenvalue weighted by Crippen LogP contribution is 2.41. The molecule has 0 bridgehead atoms. The van der Waals surface area contributed by atoms with Gasteiger partial charge in [0.05, 0.1) is 17.3 Å². The first-order valence-electron chi connectivity index (χ1n) is 15.1. The number of pyridine rings is 1. The van der Waals surface area contributed by atoms with Gasteiger partial charge in [0, 0.05) is 25.4 Å². The lowest BCUT2D eigenvalue weighted by Gasteiger charge is -2.43. The minimum atomic E-state index is -2.72. The molecule has 0 radical (unpaired) electrons. The van der Waals surface area contributed by atoms with Gasteiger partial charge in [-0.3, -0.25) is 4.79 Å². The van der Waals surface area contributed by atoms with E-state index in [-0.39, 0.29) is 16.6 Å². The molecular formula is C36H44N2O3SSi. The number of hydrogen-bond acceptors (Lipinski definition) is 3. The van der Waals surface area contributed by atoms with E-state index in [0.717, 1.165) is 16.7 Å². The Morgan fingerprint density at radius 3 is 1.88 bits per heavy atom. The van der Waals surface area contributed by atoms with Crippen LogP contribution in [-0.4, -0.2) is 32.8 Å². The molecule has 1 aromatic heterocycles. The van der Waals surface area contributed by atoms with Crippen molar-refractivity contribution in [2.45, 2.75) is 76.9 Å². The lowest BCUT2D eigenvalue weighted by Crippen LogP contribution is -2.66. The van der Waals surface area contributed by atoms with Crippen LogP contribution in [0.4, 0.5) is 0 Å². The molecule has 4 aromatic rings. The summed E-state index contributed by atoms with van der Waals surface area (Å²) in [5, 5.41) is 2.35. The second kappa shape index (κ2) is 12.5. The van der Waals surface area contributed by atoms with Gasteiger partial charge in [0.25, 0.3) is 13.9 Å². The fraction of sp³-hybridized carbons (Fsp3) is 0.361. The number of benzene rings is 3. The lowest BCUT2D eigenvalue weighted by molar-refractivity contribution is 0.243. The van der Waals surface area contributed by atoms with Gasteiger partial charge < -0.3 is 8.99 Å². The monoisotopic (exact) mass is 612 g/mol. The largest absolute Gasteiger partial charge is 0.407 e. The average molecular weight is 613 g/mol. The van der Waals surface area contributed by atoms with E-state index in [1.165, 1.54) is 10.4 Å². The first-order valence-corrected chi connectivity index (χ1v) is 18.1. The molecule has 43 heavy (non-hydrogen) atoms. The third-order valence-corrected chi connectivity index (χ3v) is 15.2. The molecule has 0 saturated heterocycles. The summed E-state index contributed by atoms with van der Waals surface area (Å²) in [7, 11) is -3.98. The number of aromatic nitrogens is 1. The maximum absolute atomic E-state index is 13.9. The van der Waals surface area contributed by atoms with Crippen LogP contribution in [0.3, 0.4) is 0 Å². The number of hydrogen-bond donors (Lipinski definition) is 0.